The van der Waals surface area contributed by atoms with Gasteiger partial charge in [-0.25, -0.2) is 10.1 Å². The predicted molar refractivity (Wildman–Crippen MR) is 97.7 cm³/mol. The summed E-state index contributed by atoms with van der Waals surface area (Å²) in [6, 6.07) is 13.8. The van der Waals surface area contributed by atoms with E-state index in [0.29, 0.717) is 11.4 Å². The van der Waals surface area contributed by atoms with Crippen LogP contribution in [0.2, 0.25) is 0 Å². The summed E-state index contributed by atoms with van der Waals surface area (Å²) in [7, 11) is 0. The van der Waals surface area contributed by atoms with Crippen molar-refractivity contribution in [3.8, 4) is 0 Å². The summed E-state index contributed by atoms with van der Waals surface area (Å²) in [5.74, 6) is -0.347. The van der Waals surface area contributed by atoms with Crippen LogP contribution in [0, 0.1) is 10.1 Å². The minimum absolute atomic E-state index is 0.126. The smallest absolute Gasteiger partial charge is 0.221 e. The van der Waals surface area contributed by atoms with Gasteiger partial charge in [-0.2, -0.15) is 0 Å². The highest BCUT2D eigenvalue weighted by Gasteiger charge is 2.16. The Morgan fingerprint density at radius 1 is 0.846 bits per heavy atom. The molecule has 0 saturated heterocycles. The molecule has 136 valence electrons. The van der Waals surface area contributed by atoms with Crippen molar-refractivity contribution in [2.45, 2.75) is 26.9 Å². The molecule has 0 unspecified atom stereocenters. The maximum atomic E-state index is 11.4. The normalized spacial score (nSPS) is 10.1. The molecule has 8 heteroatoms. The van der Waals surface area contributed by atoms with E-state index in [9.17, 15) is 19.7 Å². The van der Waals surface area contributed by atoms with E-state index in [2.05, 4.69) is 10.6 Å². The van der Waals surface area contributed by atoms with E-state index in [1.807, 2.05) is 0 Å². The largest absolute Gasteiger partial charge is 0.326 e. The maximum absolute atomic E-state index is 11.4. The van der Waals surface area contributed by atoms with Crippen molar-refractivity contribution in [1.82, 2.24) is 5.01 Å². The van der Waals surface area contributed by atoms with Crippen LogP contribution >= 0.6 is 0 Å². The maximum Gasteiger partial charge on any atom is 0.221 e. The Morgan fingerprint density at radius 2 is 1.19 bits per heavy atom. The number of anilines is 2. The van der Waals surface area contributed by atoms with E-state index in [1.165, 1.54) is 13.8 Å². The molecule has 26 heavy (non-hydrogen) atoms. The number of hydrogen-bond donors (Lipinski definition) is 2. The minimum Gasteiger partial charge on any atom is -0.326 e. The Balaban J connectivity index is 2.03. The van der Waals surface area contributed by atoms with Gasteiger partial charge in [0.05, 0.1) is 0 Å². The minimum atomic E-state index is -0.441. The molecule has 2 rings (SSSR count). The number of carbonyl (C=O) groups excluding carboxylic acids is 2. The van der Waals surface area contributed by atoms with Gasteiger partial charge in [-0.3, -0.25) is 9.59 Å². The highest BCUT2D eigenvalue weighted by molar-refractivity contribution is 5.89. The van der Waals surface area contributed by atoms with E-state index in [4.69, 9.17) is 0 Å². The Bertz CT molecular complexity index is 726. The summed E-state index contributed by atoms with van der Waals surface area (Å²) in [4.78, 5) is 33.4. The number of hydrazine groups is 1. The molecule has 0 fully saturated rings. The molecule has 0 bridgehead atoms. The Labute approximate surface area is 150 Å². The second kappa shape index (κ2) is 8.61. The second-order valence-corrected chi connectivity index (χ2v) is 5.82. The van der Waals surface area contributed by atoms with Gasteiger partial charge in [-0.1, -0.05) is 24.3 Å². The molecule has 0 radical (unpaired) electrons. The fraction of sp³-hybridized carbons (Fsp3) is 0.222. The summed E-state index contributed by atoms with van der Waals surface area (Å²) < 4.78 is 0. The van der Waals surface area contributed by atoms with Crippen LogP contribution in [0.1, 0.15) is 25.0 Å². The number of amides is 2. The molecule has 0 aromatic heterocycles. The van der Waals surface area contributed by atoms with Crippen LogP contribution in [0.5, 0.6) is 0 Å². The van der Waals surface area contributed by atoms with Crippen LogP contribution in [0.15, 0.2) is 48.5 Å². The summed E-state index contributed by atoms with van der Waals surface area (Å²) in [5.41, 5.74) is 2.79. The molecule has 0 aliphatic rings. The zero-order valence-corrected chi connectivity index (χ0v) is 14.6. The van der Waals surface area contributed by atoms with Gasteiger partial charge in [-0.15, -0.1) is 5.01 Å². The van der Waals surface area contributed by atoms with Crippen molar-refractivity contribution in [3.05, 3.63) is 69.8 Å². The van der Waals surface area contributed by atoms with Crippen LogP contribution < -0.4 is 10.6 Å². The van der Waals surface area contributed by atoms with Gasteiger partial charge in [0.1, 0.15) is 13.1 Å². The summed E-state index contributed by atoms with van der Waals surface area (Å²) in [5, 5.41) is 17.3. The third-order valence-electron chi connectivity index (χ3n) is 3.51. The predicted octanol–water partition coefficient (Wildman–Crippen LogP) is 2.80. The van der Waals surface area contributed by atoms with Crippen molar-refractivity contribution >= 4 is 23.2 Å². The lowest BCUT2D eigenvalue weighted by Gasteiger charge is -2.15. The van der Waals surface area contributed by atoms with E-state index in [0.717, 1.165) is 16.1 Å². The van der Waals surface area contributed by atoms with Crippen LogP contribution in [0.4, 0.5) is 11.4 Å². The first-order valence-corrected chi connectivity index (χ1v) is 7.96. The van der Waals surface area contributed by atoms with Gasteiger partial charge >= 0.3 is 0 Å². The fourth-order valence-corrected chi connectivity index (χ4v) is 2.39. The molecule has 0 saturated carbocycles. The Kier molecular flexibility index (Phi) is 6.26. The van der Waals surface area contributed by atoms with Gasteiger partial charge in [0.2, 0.25) is 11.8 Å². The van der Waals surface area contributed by atoms with Crippen LogP contribution in [-0.2, 0) is 22.7 Å². The van der Waals surface area contributed by atoms with E-state index in [-0.39, 0.29) is 24.9 Å². The standard InChI is InChI=1S/C18H20N4O4/c1-13(23)19-17-7-3-15(4-8-17)11-21(22(25)26)12-16-5-9-18(10-6-16)20-14(2)24/h3-10H,11-12H2,1-2H3,(H,19,23)(H,20,24). The van der Waals surface area contributed by atoms with Gasteiger partial charge in [-0.05, 0) is 35.4 Å². The quantitative estimate of drug-likeness (QED) is 0.586. The highest BCUT2D eigenvalue weighted by Crippen LogP contribution is 2.15. The number of nitro groups is 1. The molecule has 0 aliphatic carbocycles. The third-order valence-corrected chi connectivity index (χ3v) is 3.51. The number of rotatable bonds is 7. The Morgan fingerprint density at radius 3 is 1.46 bits per heavy atom. The van der Waals surface area contributed by atoms with Crippen molar-refractivity contribution in [3.63, 3.8) is 0 Å². The van der Waals surface area contributed by atoms with Crippen molar-refractivity contribution in [1.29, 1.82) is 0 Å². The van der Waals surface area contributed by atoms with E-state index in [1.54, 1.807) is 48.5 Å². The number of carbonyl (C=O) groups is 2. The topological polar surface area (TPSA) is 105 Å². The third kappa shape index (κ3) is 5.90. The molecule has 8 nitrogen and oxygen atoms in total. The van der Waals surface area contributed by atoms with Crippen LogP contribution in [-0.4, -0.2) is 21.9 Å². The SMILES string of the molecule is CC(=O)Nc1ccc(CN(Cc2ccc(NC(C)=O)cc2)[N+](=O)[O-])cc1. The van der Waals surface area contributed by atoms with Gasteiger partial charge in [0.15, 0.2) is 5.03 Å². The van der Waals surface area contributed by atoms with Gasteiger partial charge in [0.25, 0.3) is 0 Å². The molecule has 0 spiro atoms. The van der Waals surface area contributed by atoms with Crippen molar-refractivity contribution < 1.29 is 14.6 Å². The number of nitrogens with zero attached hydrogens (tertiary/aromatic N) is 2. The zero-order chi connectivity index (χ0) is 19.1. The summed E-state index contributed by atoms with van der Waals surface area (Å²) >= 11 is 0. The first-order chi connectivity index (χ1) is 12.3. The molecular formula is C18H20N4O4. The monoisotopic (exact) mass is 356 g/mol. The molecule has 0 aliphatic heterocycles. The first kappa shape index (κ1) is 18.9. The lowest BCUT2D eigenvalue weighted by molar-refractivity contribution is -0.663. The number of hydrogen-bond acceptors (Lipinski definition) is 4. The van der Waals surface area contributed by atoms with Crippen LogP contribution in [0.25, 0.3) is 0 Å². The summed E-state index contributed by atoms with van der Waals surface area (Å²) in [6.07, 6.45) is 0. The first-order valence-electron chi connectivity index (χ1n) is 7.96. The van der Waals surface area contributed by atoms with Crippen molar-refractivity contribution in [2.75, 3.05) is 10.6 Å². The molecule has 2 aromatic rings. The molecule has 0 heterocycles. The number of benzene rings is 2. The highest BCUT2D eigenvalue weighted by atomic mass is 16.7. The lowest BCUT2D eigenvalue weighted by atomic mass is 10.1. The second-order valence-electron chi connectivity index (χ2n) is 5.82. The van der Waals surface area contributed by atoms with E-state index < -0.39 is 5.03 Å². The Hall–Kier alpha value is -3.42. The molecule has 0 atom stereocenters. The zero-order valence-electron chi connectivity index (χ0n) is 14.6. The van der Waals surface area contributed by atoms with Gasteiger partial charge in [0, 0.05) is 25.2 Å². The molecule has 2 aromatic carbocycles. The number of nitrogens with one attached hydrogen (secondary N) is 2. The lowest BCUT2D eigenvalue weighted by Crippen LogP contribution is -2.28. The molecular weight excluding hydrogens is 336 g/mol. The average Bonchev–Trinajstić information content (AvgIpc) is 2.56. The van der Waals surface area contributed by atoms with Gasteiger partial charge < -0.3 is 10.6 Å². The average molecular weight is 356 g/mol. The summed E-state index contributed by atoms with van der Waals surface area (Å²) in [6.45, 7) is 3.08. The van der Waals surface area contributed by atoms with Crippen LogP contribution in [0.3, 0.4) is 0 Å². The van der Waals surface area contributed by atoms with Crippen molar-refractivity contribution in [2.24, 2.45) is 0 Å². The fourth-order valence-electron chi connectivity index (χ4n) is 2.39. The molecule has 2 N–H and O–H groups in total. The molecule has 2 amide bonds. The van der Waals surface area contributed by atoms with E-state index >= 15 is 0 Å².